The predicted octanol–water partition coefficient (Wildman–Crippen LogP) is 8.40. The molecule has 2 aromatic carbocycles. The third-order valence-electron chi connectivity index (χ3n) is 7.15. The molecule has 1 aliphatic rings. The van der Waals surface area contributed by atoms with Crippen molar-refractivity contribution in [3.05, 3.63) is 59.7 Å². The zero-order chi connectivity index (χ0) is 24.9. The number of hydrogen-bond acceptors (Lipinski definition) is 4. The van der Waals surface area contributed by atoms with E-state index in [-0.39, 0.29) is 5.41 Å². The van der Waals surface area contributed by atoms with Gasteiger partial charge in [0, 0.05) is 0 Å². The molecular weight excluding hydrogens is 434 g/mol. The van der Waals surface area contributed by atoms with E-state index in [2.05, 4.69) is 19.9 Å². The number of esters is 1. The standard InChI is InChI=1S/C31H41NO3/c1-3-5-7-9-10-12-22-34-28-18-20-29(21-19-28)35-30(33)25-14-16-26(17-15-25)31(24-32)23-27(31)13-11-8-6-4-2/h14-21,27H,3-13,22-23H2,1-2H3. The maximum atomic E-state index is 12.6. The van der Waals surface area contributed by atoms with Crippen LogP contribution in [0.2, 0.25) is 0 Å². The van der Waals surface area contributed by atoms with Crippen LogP contribution in [-0.2, 0) is 5.41 Å². The quantitative estimate of drug-likeness (QED) is 0.139. The zero-order valence-corrected chi connectivity index (χ0v) is 21.6. The number of benzene rings is 2. The predicted molar refractivity (Wildman–Crippen MR) is 141 cm³/mol. The van der Waals surface area contributed by atoms with Crippen molar-refractivity contribution in [2.75, 3.05) is 6.61 Å². The highest BCUT2D eigenvalue weighted by atomic mass is 16.5. The highest BCUT2D eigenvalue weighted by molar-refractivity contribution is 5.91. The summed E-state index contributed by atoms with van der Waals surface area (Å²) in [6.07, 6.45) is 14.4. The summed E-state index contributed by atoms with van der Waals surface area (Å²) in [4.78, 5) is 12.6. The van der Waals surface area contributed by atoms with E-state index in [1.807, 2.05) is 24.3 Å². The monoisotopic (exact) mass is 475 g/mol. The van der Waals surface area contributed by atoms with Gasteiger partial charge in [-0.2, -0.15) is 5.26 Å². The summed E-state index contributed by atoms with van der Waals surface area (Å²) in [6, 6.07) is 17.2. The molecule has 0 N–H and O–H groups in total. The summed E-state index contributed by atoms with van der Waals surface area (Å²) in [7, 11) is 0. The highest BCUT2D eigenvalue weighted by Crippen LogP contribution is 2.56. The molecule has 2 aromatic rings. The van der Waals surface area contributed by atoms with Gasteiger partial charge in [0.15, 0.2) is 0 Å². The molecule has 2 atom stereocenters. The lowest BCUT2D eigenvalue weighted by atomic mass is 9.92. The molecule has 0 bridgehead atoms. The minimum absolute atomic E-state index is 0.375. The van der Waals surface area contributed by atoms with Gasteiger partial charge in [0.2, 0.25) is 0 Å². The van der Waals surface area contributed by atoms with Crippen molar-refractivity contribution >= 4 is 5.97 Å². The fraction of sp³-hybridized carbons (Fsp3) is 0.548. The number of unbranched alkanes of at least 4 members (excludes halogenated alkanes) is 8. The molecule has 0 heterocycles. The van der Waals surface area contributed by atoms with Gasteiger partial charge in [0.1, 0.15) is 11.5 Å². The van der Waals surface area contributed by atoms with Crippen molar-refractivity contribution in [1.82, 2.24) is 0 Å². The lowest BCUT2D eigenvalue weighted by molar-refractivity contribution is 0.0734. The third-order valence-corrected chi connectivity index (χ3v) is 7.15. The van der Waals surface area contributed by atoms with E-state index in [9.17, 15) is 10.1 Å². The lowest BCUT2D eigenvalue weighted by Gasteiger charge is -2.11. The molecule has 3 rings (SSSR count). The fourth-order valence-electron chi connectivity index (χ4n) is 4.80. The summed E-state index contributed by atoms with van der Waals surface area (Å²) >= 11 is 0. The topological polar surface area (TPSA) is 59.3 Å². The number of carbonyl (C=O) groups excluding carboxylic acids is 1. The minimum Gasteiger partial charge on any atom is -0.494 e. The number of hydrogen-bond donors (Lipinski definition) is 0. The molecule has 1 fully saturated rings. The molecule has 4 heteroatoms. The smallest absolute Gasteiger partial charge is 0.343 e. The van der Waals surface area contributed by atoms with Gasteiger partial charge < -0.3 is 9.47 Å². The third kappa shape index (κ3) is 7.85. The number of nitrogens with zero attached hydrogens (tertiary/aromatic N) is 1. The van der Waals surface area contributed by atoms with E-state index in [1.54, 1.807) is 24.3 Å². The van der Waals surface area contributed by atoms with Crippen molar-refractivity contribution in [1.29, 1.82) is 5.26 Å². The summed E-state index contributed by atoms with van der Waals surface area (Å²) in [5.41, 5.74) is 1.13. The van der Waals surface area contributed by atoms with Gasteiger partial charge in [-0.1, -0.05) is 83.8 Å². The number of carbonyl (C=O) groups is 1. The molecule has 4 nitrogen and oxygen atoms in total. The molecule has 35 heavy (non-hydrogen) atoms. The molecule has 188 valence electrons. The summed E-state index contributed by atoms with van der Waals surface area (Å²) < 4.78 is 11.3. The Kier molecular flexibility index (Phi) is 10.7. The Bertz CT molecular complexity index is 945. The summed E-state index contributed by atoms with van der Waals surface area (Å²) in [5, 5.41) is 9.84. The van der Waals surface area contributed by atoms with E-state index >= 15 is 0 Å². The first kappa shape index (κ1) is 26.8. The van der Waals surface area contributed by atoms with Gasteiger partial charge >= 0.3 is 5.97 Å². The first-order chi connectivity index (χ1) is 17.1. The van der Waals surface area contributed by atoms with Crippen LogP contribution in [0.25, 0.3) is 0 Å². The maximum Gasteiger partial charge on any atom is 0.343 e. The van der Waals surface area contributed by atoms with Crippen LogP contribution in [0, 0.1) is 17.2 Å². The van der Waals surface area contributed by atoms with Crippen LogP contribution < -0.4 is 9.47 Å². The van der Waals surface area contributed by atoms with Crippen molar-refractivity contribution < 1.29 is 14.3 Å². The van der Waals surface area contributed by atoms with Gasteiger partial charge in [-0.3, -0.25) is 0 Å². The summed E-state index contributed by atoms with van der Waals surface area (Å²) in [5.74, 6) is 1.33. The van der Waals surface area contributed by atoms with E-state index in [0.717, 1.165) is 30.6 Å². The average molecular weight is 476 g/mol. The molecule has 0 aromatic heterocycles. The van der Waals surface area contributed by atoms with Gasteiger partial charge in [-0.05, 0) is 67.1 Å². The van der Waals surface area contributed by atoms with Gasteiger partial charge in [0.25, 0.3) is 0 Å². The largest absolute Gasteiger partial charge is 0.494 e. The Morgan fingerprint density at radius 3 is 2.11 bits per heavy atom. The van der Waals surface area contributed by atoms with E-state index in [0.29, 0.717) is 23.8 Å². The van der Waals surface area contributed by atoms with Crippen molar-refractivity contribution in [2.45, 2.75) is 96.3 Å². The van der Waals surface area contributed by atoms with Crippen LogP contribution in [0.5, 0.6) is 11.5 Å². The second-order valence-electron chi connectivity index (χ2n) is 9.89. The summed E-state index contributed by atoms with van der Waals surface area (Å²) in [6.45, 7) is 5.15. The molecule has 0 spiro atoms. The van der Waals surface area contributed by atoms with Crippen molar-refractivity contribution in [2.24, 2.45) is 5.92 Å². The zero-order valence-electron chi connectivity index (χ0n) is 21.6. The average Bonchev–Trinajstić information content (AvgIpc) is 3.61. The van der Waals surface area contributed by atoms with Crippen LogP contribution in [0.3, 0.4) is 0 Å². The van der Waals surface area contributed by atoms with Crippen LogP contribution in [0.1, 0.15) is 107 Å². The molecule has 1 saturated carbocycles. The van der Waals surface area contributed by atoms with Crippen LogP contribution in [0.4, 0.5) is 0 Å². The molecule has 0 saturated heterocycles. The van der Waals surface area contributed by atoms with Crippen LogP contribution in [-0.4, -0.2) is 12.6 Å². The molecule has 2 unspecified atom stereocenters. The van der Waals surface area contributed by atoms with Crippen LogP contribution in [0.15, 0.2) is 48.5 Å². The Hall–Kier alpha value is -2.80. The second-order valence-corrected chi connectivity index (χ2v) is 9.89. The van der Waals surface area contributed by atoms with Gasteiger partial charge in [-0.15, -0.1) is 0 Å². The Morgan fingerprint density at radius 1 is 0.857 bits per heavy atom. The van der Waals surface area contributed by atoms with E-state index < -0.39 is 5.97 Å². The van der Waals surface area contributed by atoms with E-state index in [4.69, 9.17) is 9.47 Å². The van der Waals surface area contributed by atoms with Gasteiger partial charge in [0.05, 0.1) is 23.7 Å². The second kappa shape index (κ2) is 13.9. The first-order valence-corrected chi connectivity index (χ1v) is 13.6. The molecule has 0 radical (unpaired) electrons. The number of rotatable bonds is 16. The van der Waals surface area contributed by atoms with Crippen LogP contribution >= 0.6 is 0 Å². The Morgan fingerprint density at radius 2 is 1.46 bits per heavy atom. The first-order valence-electron chi connectivity index (χ1n) is 13.6. The van der Waals surface area contributed by atoms with Crippen molar-refractivity contribution in [3.63, 3.8) is 0 Å². The lowest BCUT2D eigenvalue weighted by Crippen LogP contribution is -2.11. The van der Waals surface area contributed by atoms with E-state index in [1.165, 1.54) is 57.8 Å². The van der Waals surface area contributed by atoms with Gasteiger partial charge in [-0.25, -0.2) is 4.79 Å². The number of ether oxygens (including phenoxy) is 2. The molecule has 0 amide bonds. The van der Waals surface area contributed by atoms with Crippen molar-refractivity contribution in [3.8, 4) is 17.6 Å². The molecule has 1 aliphatic carbocycles. The molecular formula is C31H41NO3. The normalized spacial score (nSPS) is 18.6. The Labute approximate surface area is 211 Å². The maximum absolute atomic E-state index is 12.6. The fourth-order valence-corrected chi connectivity index (χ4v) is 4.80. The highest BCUT2D eigenvalue weighted by Gasteiger charge is 2.55. The number of nitriles is 1. The molecule has 0 aliphatic heterocycles. The Balaban J connectivity index is 1.44. The minimum atomic E-state index is -0.393. The SMILES string of the molecule is CCCCCCCCOc1ccc(OC(=O)c2ccc(C3(C#N)CC3CCCCCC)cc2)cc1.